The van der Waals surface area contributed by atoms with Crippen LogP contribution in [0, 0.1) is 0 Å². The maximum Gasteiger partial charge on any atom is 0.240 e. The summed E-state index contributed by atoms with van der Waals surface area (Å²) in [5.41, 5.74) is 1.23. The van der Waals surface area contributed by atoms with Gasteiger partial charge in [-0.2, -0.15) is 4.98 Å². The van der Waals surface area contributed by atoms with Crippen LogP contribution in [0.4, 0.5) is 0 Å². The zero-order valence-electron chi connectivity index (χ0n) is 12.4. The van der Waals surface area contributed by atoms with Crippen molar-refractivity contribution >= 4 is 0 Å². The number of hydrogen-bond acceptors (Lipinski definition) is 6. The van der Waals surface area contributed by atoms with Gasteiger partial charge in [0.1, 0.15) is 6.61 Å². The van der Waals surface area contributed by atoms with E-state index in [1.54, 1.807) is 7.11 Å². The van der Waals surface area contributed by atoms with E-state index >= 15 is 0 Å². The summed E-state index contributed by atoms with van der Waals surface area (Å²) < 4.78 is 18.0. The molecule has 2 aromatic heterocycles. The molecule has 0 saturated carbocycles. The number of methoxy groups -OCH3 is 1. The Labute approximate surface area is 123 Å². The second-order valence-corrected chi connectivity index (χ2v) is 5.14. The largest absolute Gasteiger partial charge is 0.378 e. The summed E-state index contributed by atoms with van der Waals surface area (Å²) in [6.45, 7) is 3.23. The standard InChI is InChI=1S/C14H20N4O3/c1-17-5-3-4-11(17)12-9-20-7-6-18(12)8-14-15-13(10-19-2)16-21-14/h3-5,12H,6-10H2,1-2H3/t12-/m1/s1. The summed E-state index contributed by atoms with van der Waals surface area (Å²) in [4.78, 5) is 6.65. The summed E-state index contributed by atoms with van der Waals surface area (Å²) in [5, 5.41) is 3.90. The number of morpholine rings is 1. The number of ether oxygens (including phenoxy) is 2. The van der Waals surface area contributed by atoms with Crippen molar-refractivity contribution in [2.75, 3.05) is 26.9 Å². The Kier molecular flexibility index (Phi) is 4.33. The van der Waals surface area contributed by atoms with E-state index in [0.29, 0.717) is 31.5 Å². The van der Waals surface area contributed by atoms with Gasteiger partial charge in [0.25, 0.3) is 0 Å². The minimum Gasteiger partial charge on any atom is -0.378 e. The van der Waals surface area contributed by atoms with Crippen LogP contribution in [-0.2, 0) is 29.7 Å². The lowest BCUT2D eigenvalue weighted by Gasteiger charge is -2.34. The molecule has 3 heterocycles. The number of aromatic nitrogens is 3. The molecular weight excluding hydrogens is 272 g/mol. The van der Waals surface area contributed by atoms with Crippen LogP contribution in [-0.4, -0.2) is 46.5 Å². The lowest BCUT2D eigenvalue weighted by molar-refractivity contribution is -0.0192. The predicted molar refractivity (Wildman–Crippen MR) is 74.4 cm³/mol. The Morgan fingerprint density at radius 1 is 1.48 bits per heavy atom. The molecule has 0 aromatic carbocycles. The fraction of sp³-hybridized carbons (Fsp3) is 0.571. The number of aryl methyl sites for hydroxylation is 1. The molecule has 1 fully saturated rings. The van der Waals surface area contributed by atoms with Gasteiger partial charge in [-0.05, 0) is 12.1 Å². The maximum absolute atomic E-state index is 5.63. The van der Waals surface area contributed by atoms with Gasteiger partial charge in [0.05, 0.1) is 25.8 Å². The van der Waals surface area contributed by atoms with E-state index in [1.165, 1.54) is 5.69 Å². The van der Waals surface area contributed by atoms with Crippen LogP contribution in [0.3, 0.4) is 0 Å². The molecule has 1 saturated heterocycles. The molecule has 0 amide bonds. The SMILES string of the molecule is COCc1noc(CN2CCOC[C@@H]2c2cccn2C)n1. The molecule has 7 heteroatoms. The zero-order valence-corrected chi connectivity index (χ0v) is 12.4. The average molecular weight is 292 g/mol. The Morgan fingerprint density at radius 2 is 2.38 bits per heavy atom. The van der Waals surface area contributed by atoms with Crippen molar-refractivity contribution in [2.45, 2.75) is 19.2 Å². The Hall–Kier alpha value is -1.70. The number of rotatable bonds is 5. The van der Waals surface area contributed by atoms with E-state index < -0.39 is 0 Å². The van der Waals surface area contributed by atoms with Crippen molar-refractivity contribution < 1.29 is 14.0 Å². The van der Waals surface area contributed by atoms with Crippen LogP contribution >= 0.6 is 0 Å². The molecule has 1 aliphatic rings. The van der Waals surface area contributed by atoms with Crippen molar-refractivity contribution in [1.29, 1.82) is 0 Å². The molecule has 0 bridgehead atoms. The summed E-state index contributed by atoms with van der Waals surface area (Å²) in [5.74, 6) is 1.19. The summed E-state index contributed by atoms with van der Waals surface area (Å²) in [6.07, 6.45) is 2.05. The molecule has 0 N–H and O–H groups in total. The van der Waals surface area contributed by atoms with Gasteiger partial charge in [-0.1, -0.05) is 5.16 Å². The van der Waals surface area contributed by atoms with E-state index in [0.717, 1.165) is 13.2 Å². The summed E-state index contributed by atoms with van der Waals surface area (Å²) in [7, 11) is 3.66. The van der Waals surface area contributed by atoms with Crippen molar-refractivity contribution in [3.05, 3.63) is 35.7 Å². The quantitative estimate of drug-likeness (QED) is 0.823. The molecule has 1 atom stereocenters. The van der Waals surface area contributed by atoms with E-state index in [2.05, 4.69) is 25.7 Å². The van der Waals surface area contributed by atoms with Gasteiger partial charge >= 0.3 is 0 Å². The molecule has 0 aliphatic carbocycles. The van der Waals surface area contributed by atoms with Crippen LogP contribution in [0.5, 0.6) is 0 Å². The molecule has 114 valence electrons. The molecule has 0 radical (unpaired) electrons. The highest BCUT2D eigenvalue weighted by molar-refractivity contribution is 5.12. The van der Waals surface area contributed by atoms with E-state index in [9.17, 15) is 0 Å². The number of nitrogens with zero attached hydrogens (tertiary/aromatic N) is 4. The first-order valence-corrected chi connectivity index (χ1v) is 7.01. The van der Waals surface area contributed by atoms with E-state index in [-0.39, 0.29) is 6.04 Å². The van der Waals surface area contributed by atoms with Crippen molar-refractivity contribution in [3.8, 4) is 0 Å². The smallest absolute Gasteiger partial charge is 0.240 e. The summed E-state index contributed by atoms with van der Waals surface area (Å²) in [6, 6.07) is 4.37. The fourth-order valence-corrected chi connectivity index (χ4v) is 2.64. The second-order valence-electron chi connectivity index (χ2n) is 5.14. The van der Waals surface area contributed by atoms with Crippen LogP contribution < -0.4 is 0 Å². The molecule has 3 rings (SSSR count). The van der Waals surface area contributed by atoms with Gasteiger partial charge in [-0.25, -0.2) is 0 Å². The predicted octanol–water partition coefficient (Wildman–Crippen LogP) is 1.13. The minimum atomic E-state index is 0.205. The third-order valence-electron chi connectivity index (χ3n) is 3.69. The Bertz CT molecular complexity index is 580. The van der Waals surface area contributed by atoms with E-state index in [1.807, 2.05) is 19.3 Å². The highest BCUT2D eigenvalue weighted by Gasteiger charge is 2.27. The Morgan fingerprint density at radius 3 is 3.14 bits per heavy atom. The van der Waals surface area contributed by atoms with Gasteiger partial charge in [0.15, 0.2) is 5.82 Å². The molecule has 0 spiro atoms. The highest BCUT2D eigenvalue weighted by Crippen LogP contribution is 2.25. The van der Waals surface area contributed by atoms with E-state index in [4.69, 9.17) is 14.0 Å². The van der Waals surface area contributed by atoms with Crippen LogP contribution in [0.1, 0.15) is 23.5 Å². The van der Waals surface area contributed by atoms with Gasteiger partial charge in [0.2, 0.25) is 5.89 Å². The lowest BCUT2D eigenvalue weighted by atomic mass is 10.1. The third kappa shape index (κ3) is 3.15. The molecule has 7 nitrogen and oxygen atoms in total. The van der Waals surface area contributed by atoms with Gasteiger partial charge in [-0.3, -0.25) is 4.90 Å². The summed E-state index contributed by atoms with van der Waals surface area (Å²) >= 11 is 0. The molecular formula is C14H20N4O3. The third-order valence-corrected chi connectivity index (χ3v) is 3.69. The van der Waals surface area contributed by atoms with Crippen LogP contribution in [0.2, 0.25) is 0 Å². The van der Waals surface area contributed by atoms with Crippen LogP contribution in [0.15, 0.2) is 22.9 Å². The van der Waals surface area contributed by atoms with Gasteiger partial charge in [-0.15, -0.1) is 0 Å². The topological polar surface area (TPSA) is 65.6 Å². The fourth-order valence-electron chi connectivity index (χ4n) is 2.64. The first-order valence-electron chi connectivity index (χ1n) is 7.01. The van der Waals surface area contributed by atoms with Crippen molar-refractivity contribution in [2.24, 2.45) is 7.05 Å². The first-order chi connectivity index (χ1) is 10.3. The van der Waals surface area contributed by atoms with Gasteiger partial charge in [0, 0.05) is 32.6 Å². The molecule has 0 unspecified atom stereocenters. The van der Waals surface area contributed by atoms with Crippen molar-refractivity contribution in [1.82, 2.24) is 19.6 Å². The van der Waals surface area contributed by atoms with Gasteiger partial charge < -0.3 is 18.6 Å². The second kappa shape index (κ2) is 6.38. The molecule has 2 aromatic rings. The monoisotopic (exact) mass is 292 g/mol. The average Bonchev–Trinajstić information content (AvgIpc) is 3.09. The molecule has 1 aliphatic heterocycles. The maximum atomic E-state index is 5.63. The highest BCUT2D eigenvalue weighted by atomic mass is 16.5. The normalized spacial score (nSPS) is 20.0. The zero-order chi connectivity index (χ0) is 14.7. The lowest BCUT2D eigenvalue weighted by Crippen LogP contribution is -2.39. The first kappa shape index (κ1) is 14.2. The van der Waals surface area contributed by atoms with Crippen molar-refractivity contribution in [3.63, 3.8) is 0 Å². The number of hydrogen-bond donors (Lipinski definition) is 0. The minimum absolute atomic E-state index is 0.205. The molecule has 21 heavy (non-hydrogen) atoms. The van der Waals surface area contributed by atoms with Crippen LogP contribution in [0.25, 0.3) is 0 Å². The Balaban J connectivity index is 1.73.